The molecule has 0 radical (unpaired) electrons. The number of nitrogens with zero attached hydrogens (tertiary/aromatic N) is 2. The third-order valence-electron chi connectivity index (χ3n) is 5.08. The van der Waals surface area contributed by atoms with Crippen molar-refractivity contribution in [2.75, 3.05) is 20.2 Å². The Kier molecular flexibility index (Phi) is 5.78. The third kappa shape index (κ3) is 4.13. The number of hydrogen-bond donors (Lipinski definition) is 2. The number of benzene rings is 1. The van der Waals surface area contributed by atoms with Gasteiger partial charge in [-0.2, -0.15) is 5.10 Å². The van der Waals surface area contributed by atoms with Crippen LogP contribution in [0.25, 0.3) is 0 Å². The molecule has 7 heteroatoms. The van der Waals surface area contributed by atoms with E-state index in [9.17, 15) is 9.59 Å². The van der Waals surface area contributed by atoms with Gasteiger partial charge in [-0.05, 0) is 30.2 Å². The fourth-order valence-electron chi connectivity index (χ4n) is 3.07. The first-order valence-electron chi connectivity index (χ1n) is 9.31. The van der Waals surface area contributed by atoms with Crippen LogP contribution in [-0.2, 0) is 13.0 Å². The first-order chi connectivity index (χ1) is 13.0. The molecule has 0 bridgehead atoms. The van der Waals surface area contributed by atoms with Crippen LogP contribution in [0.2, 0.25) is 0 Å². The molecule has 1 aromatic heterocycles. The SMILES string of the molecule is CCC(C)CNC(=O)c1n[nH]c2c1CN(C(=O)c1ccc(OC)cc1)CC2. The van der Waals surface area contributed by atoms with Crippen LogP contribution >= 0.6 is 0 Å². The molecule has 1 atom stereocenters. The van der Waals surface area contributed by atoms with Gasteiger partial charge in [0, 0.05) is 36.3 Å². The number of carbonyl (C=O) groups excluding carboxylic acids is 2. The normalized spacial score (nSPS) is 14.4. The molecule has 0 saturated heterocycles. The first kappa shape index (κ1) is 18.9. The lowest BCUT2D eigenvalue weighted by atomic mass is 10.0. The maximum Gasteiger partial charge on any atom is 0.272 e. The number of carbonyl (C=O) groups is 2. The predicted molar refractivity (Wildman–Crippen MR) is 102 cm³/mol. The van der Waals surface area contributed by atoms with E-state index in [1.165, 1.54) is 0 Å². The standard InChI is InChI=1S/C20H26N4O3/c1-4-13(2)11-21-19(25)18-16-12-24(10-9-17(16)22-23-18)20(26)14-5-7-15(27-3)8-6-14/h5-8,13H,4,9-12H2,1-3H3,(H,21,25)(H,22,23). The van der Waals surface area contributed by atoms with Crippen LogP contribution < -0.4 is 10.1 Å². The average molecular weight is 370 g/mol. The van der Waals surface area contributed by atoms with Crippen molar-refractivity contribution >= 4 is 11.8 Å². The van der Waals surface area contributed by atoms with Crippen LogP contribution in [0.1, 0.15) is 52.4 Å². The first-order valence-corrected chi connectivity index (χ1v) is 9.31. The summed E-state index contributed by atoms with van der Waals surface area (Å²) in [7, 11) is 1.59. The lowest BCUT2D eigenvalue weighted by molar-refractivity contribution is 0.0731. The Bertz CT molecular complexity index is 813. The van der Waals surface area contributed by atoms with E-state index in [-0.39, 0.29) is 11.8 Å². The zero-order chi connectivity index (χ0) is 19.4. The molecule has 2 amide bonds. The molecule has 1 aliphatic rings. The van der Waals surface area contributed by atoms with Gasteiger partial charge >= 0.3 is 0 Å². The Balaban J connectivity index is 1.72. The highest BCUT2D eigenvalue weighted by Crippen LogP contribution is 2.23. The summed E-state index contributed by atoms with van der Waals surface area (Å²) in [5.41, 5.74) is 2.73. The van der Waals surface area contributed by atoms with Crippen LogP contribution in [0, 0.1) is 5.92 Å². The Labute approximate surface area is 159 Å². The topological polar surface area (TPSA) is 87.3 Å². The summed E-state index contributed by atoms with van der Waals surface area (Å²) in [6.07, 6.45) is 1.66. The van der Waals surface area contributed by atoms with Crippen molar-refractivity contribution in [3.8, 4) is 5.75 Å². The van der Waals surface area contributed by atoms with Gasteiger partial charge in [-0.15, -0.1) is 0 Å². The highest BCUT2D eigenvalue weighted by Gasteiger charge is 2.28. The van der Waals surface area contributed by atoms with Crippen molar-refractivity contribution < 1.29 is 14.3 Å². The predicted octanol–water partition coefficient (Wildman–Crippen LogP) is 2.39. The fraction of sp³-hybridized carbons (Fsp3) is 0.450. The molecule has 1 aromatic carbocycles. The lowest BCUT2D eigenvalue weighted by Gasteiger charge is -2.27. The molecule has 1 aliphatic heterocycles. The van der Waals surface area contributed by atoms with Gasteiger partial charge in [0.05, 0.1) is 13.7 Å². The molecule has 0 fully saturated rings. The minimum atomic E-state index is -0.188. The molecule has 2 N–H and O–H groups in total. The largest absolute Gasteiger partial charge is 0.497 e. The van der Waals surface area contributed by atoms with Crippen molar-refractivity contribution in [2.24, 2.45) is 5.92 Å². The quantitative estimate of drug-likeness (QED) is 0.817. The van der Waals surface area contributed by atoms with Crippen molar-refractivity contribution in [3.05, 3.63) is 46.8 Å². The number of nitrogens with one attached hydrogen (secondary N) is 2. The fourth-order valence-corrected chi connectivity index (χ4v) is 3.07. The zero-order valence-electron chi connectivity index (χ0n) is 16.0. The molecular weight excluding hydrogens is 344 g/mol. The Morgan fingerprint density at radius 3 is 2.74 bits per heavy atom. The van der Waals surface area contributed by atoms with Crippen LogP contribution in [0.5, 0.6) is 5.75 Å². The van der Waals surface area contributed by atoms with Gasteiger partial charge in [0.15, 0.2) is 5.69 Å². The van der Waals surface area contributed by atoms with Gasteiger partial charge in [-0.1, -0.05) is 20.3 Å². The molecule has 27 heavy (non-hydrogen) atoms. The van der Waals surface area contributed by atoms with Crippen molar-refractivity contribution in [1.82, 2.24) is 20.4 Å². The van der Waals surface area contributed by atoms with Gasteiger partial charge < -0.3 is 15.0 Å². The molecule has 0 spiro atoms. The van der Waals surface area contributed by atoms with Crippen LogP contribution in [0.4, 0.5) is 0 Å². The summed E-state index contributed by atoms with van der Waals surface area (Å²) < 4.78 is 5.14. The molecule has 3 rings (SSSR count). The van der Waals surface area contributed by atoms with Crippen molar-refractivity contribution in [1.29, 1.82) is 0 Å². The summed E-state index contributed by atoms with van der Waals surface area (Å²) in [5, 5.41) is 10.1. The lowest BCUT2D eigenvalue weighted by Crippen LogP contribution is -2.37. The Hall–Kier alpha value is -2.83. The van der Waals surface area contributed by atoms with E-state index in [4.69, 9.17) is 4.74 Å². The van der Waals surface area contributed by atoms with Crippen LogP contribution in [0.3, 0.4) is 0 Å². The molecule has 1 unspecified atom stereocenters. The molecule has 0 aliphatic carbocycles. The molecular formula is C20H26N4O3. The zero-order valence-corrected chi connectivity index (χ0v) is 16.0. The second-order valence-corrected chi connectivity index (χ2v) is 6.96. The van der Waals surface area contributed by atoms with Crippen molar-refractivity contribution in [2.45, 2.75) is 33.2 Å². The highest BCUT2D eigenvalue weighted by molar-refractivity contribution is 5.96. The number of aromatic nitrogens is 2. The van der Waals surface area contributed by atoms with E-state index in [0.717, 1.165) is 17.7 Å². The molecule has 144 valence electrons. The maximum atomic E-state index is 12.8. The number of ether oxygens (including phenoxy) is 1. The molecule has 7 nitrogen and oxygen atoms in total. The van der Waals surface area contributed by atoms with E-state index >= 15 is 0 Å². The molecule has 2 aromatic rings. The number of H-pyrrole nitrogens is 1. The monoisotopic (exact) mass is 370 g/mol. The number of amides is 2. The second kappa shape index (κ2) is 8.24. The number of rotatable bonds is 6. The van der Waals surface area contributed by atoms with E-state index in [1.807, 2.05) is 0 Å². The summed E-state index contributed by atoms with van der Waals surface area (Å²) in [4.78, 5) is 27.1. The third-order valence-corrected chi connectivity index (χ3v) is 5.08. The molecule has 0 saturated carbocycles. The number of aromatic amines is 1. The van der Waals surface area contributed by atoms with Crippen molar-refractivity contribution in [3.63, 3.8) is 0 Å². The summed E-state index contributed by atoms with van der Waals surface area (Å²) >= 11 is 0. The number of hydrogen-bond acceptors (Lipinski definition) is 4. The summed E-state index contributed by atoms with van der Waals surface area (Å²) in [6, 6.07) is 7.06. The van der Waals surface area contributed by atoms with Gasteiger partial charge in [0.1, 0.15) is 5.75 Å². The van der Waals surface area contributed by atoms with E-state index in [1.54, 1.807) is 36.3 Å². The van der Waals surface area contributed by atoms with Gasteiger partial charge in [-0.3, -0.25) is 14.7 Å². The Morgan fingerprint density at radius 2 is 2.07 bits per heavy atom. The van der Waals surface area contributed by atoms with E-state index in [0.29, 0.717) is 49.0 Å². The maximum absolute atomic E-state index is 12.8. The molecule has 2 heterocycles. The smallest absolute Gasteiger partial charge is 0.272 e. The second-order valence-electron chi connectivity index (χ2n) is 6.96. The Morgan fingerprint density at radius 1 is 1.33 bits per heavy atom. The van der Waals surface area contributed by atoms with Gasteiger partial charge in [0.25, 0.3) is 11.8 Å². The van der Waals surface area contributed by atoms with E-state index in [2.05, 4.69) is 29.4 Å². The van der Waals surface area contributed by atoms with Crippen LogP contribution in [-0.4, -0.2) is 47.1 Å². The minimum Gasteiger partial charge on any atom is -0.497 e. The average Bonchev–Trinajstić information content (AvgIpc) is 3.14. The van der Waals surface area contributed by atoms with Crippen LogP contribution in [0.15, 0.2) is 24.3 Å². The minimum absolute atomic E-state index is 0.0598. The summed E-state index contributed by atoms with van der Waals surface area (Å²) in [5.74, 6) is 0.876. The summed E-state index contributed by atoms with van der Waals surface area (Å²) in [6.45, 7) is 5.77. The highest BCUT2D eigenvalue weighted by atomic mass is 16.5. The number of methoxy groups -OCH3 is 1. The van der Waals surface area contributed by atoms with E-state index < -0.39 is 0 Å². The van der Waals surface area contributed by atoms with Gasteiger partial charge in [-0.25, -0.2) is 0 Å². The van der Waals surface area contributed by atoms with Gasteiger partial charge in [0.2, 0.25) is 0 Å². The number of fused-ring (bicyclic) bond motifs is 1.